The van der Waals surface area contributed by atoms with Crippen LogP contribution in [-0.4, -0.2) is 26.3 Å². The second-order valence-corrected chi connectivity index (χ2v) is 5.30. The number of methoxy groups -OCH3 is 1. The first-order valence-electron chi connectivity index (χ1n) is 4.36. The SMILES string of the molecule is COc1ccc(NS(=O)(=O)CC(N)=S)cc1. The number of anilines is 1. The van der Waals surface area contributed by atoms with Crippen molar-refractivity contribution in [3.05, 3.63) is 24.3 Å². The van der Waals surface area contributed by atoms with E-state index in [1.165, 1.54) is 7.11 Å². The van der Waals surface area contributed by atoms with Crippen molar-refractivity contribution in [2.75, 3.05) is 17.6 Å². The van der Waals surface area contributed by atoms with Crippen LogP contribution in [0.2, 0.25) is 0 Å². The molecule has 0 amide bonds. The molecule has 0 aliphatic heterocycles. The second-order valence-electron chi connectivity index (χ2n) is 3.06. The van der Waals surface area contributed by atoms with Crippen molar-refractivity contribution in [2.24, 2.45) is 5.73 Å². The topological polar surface area (TPSA) is 81.4 Å². The molecule has 88 valence electrons. The minimum Gasteiger partial charge on any atom is -0.497 e. The van der Waals surface area contributed by atoms with Crippen molar-refractivity contribution >= 4 is 32.9 Å². The Bertz CT molecular complexity index is 468. The van der Waals surface area contributed by atoms with Crippen LogP contribution in [0.1, 0.15) is 0 Å². The van der Waals surface area contributed by atoms with E-state index in [2.05, 4.69) is 16.9 Å². The summed E-state index contributed by atoms with van der Waals surface area (Å²) >= 11 is 4.54. The van der Waals surface area contributed by atoms with E-state index in [-0.39, 0.29) is 10.7 Å². The fraction of sp³-hybridized carbons (Fsp3) is 0.222. The third-order valence-corrected chi connectivity index (χ3v) is 3.26. The Balaban J connectivity index is 2.76. The first kappa shape index (κ1) is 12.7. The van der Waals surface area contributed by atoms with E-state index in [9.17, 15) is 8.42 Å². The molecule has 0 unspecified atom stereocenters. The zero-order valence-corrected chi connectivity index (χ0v) is 10.3. The zero-order chi connectivity index (χ0) is 12.2. The molecule has 0 bridgehead atoms. The Morgan fingerprint density at radius 1 is 1.44 bits per heavy atom. The summed E-state index contributed by atoms with van der Waals surface area (Å²) < 4.78 is 30.2. The number of thiocarbonyl (C=S) groups is 1. The summed E-state index contributed by atoms with van der Waals surface area (Å²) in [6.45, 7) is 0. The largest absolute Gasteiger partial charge is 0.497 e. The molecule has 5 nitrogen and oxygen atoms in total. The number of hydrogen-bond acceptors (Lipinski definition) is 4. The molecule has 7 heteroatoms. The molecule has 0 fully saturated rings. The lowest BCUT2D eigenvalue weighted by molar-refractivity contribution is 0.415. The molecule has 0 saturated carbocycles. The molecular weight excluding hydrogens is 248 g/mol. The molecule has 1 rings (SSSR count). The van der Waals surface area contributed by atoms with Gasteiger partial charge in [-0.15, -0.1) is 0 Å². The summed E-state index contributed by atoms with van der Waals surface area (Å²) in [5.41, 5.74) is 5.61. The van der Waals surface area contributed by atoms with Crippen LogP contribution >= 0.6 is 12.2 Å². The number of nitrogens with two attached hydrogens (primary N) is 1. The molecule has 0 aliphatic rings. The average molecular weight is 260 g/mol. The molecule has 0 heterocycles. The van der Waals surface area contributed by atoms with Crippen molar-refractivity contribution in [3.8, 4) is 5.75 Å². The van der Waals surface area contributed by atoms with Crippen LogP contribution in [0.25, 0.3) is 0 Å². The Morgan fingerprint density at radius 2 is 2.00 bits per heavy atom. The normalized spacial score (nSPS) is 10.8. The van der Waals surface area contributed by atoms with Gasteiger partial charge in [-0.2, -0.15) is 0 Å². The maximum Gasteiger partial charge on any atom is 0.239 e. The highest BCUT2D eigenvalue weighted by Gasteiger charge is 2.11. The molecule has 3 N–H and O–H groups in total. The predicted molar refractivity (Wildman–Crippen MR) is 67.2 cm³/mol. The Kier molecular flexibility index (Phi) is 4.08. The minimum absolute atomic E-state index is 0.0685. The monoisotopic (exact) mass is 260 g/mol. The summed E-state index contributed by atoms with van der Waals surface area (Å²) in [4.78, 5) is -0.0685. The number of nitrogens with one attached hydrogen (secondary N) is 1. The van der Waals surface area contributed by atoms with E-state index in [1.807, 2.05) is 0 Å². The number of sulfonamides is 1. The highest BCUT2D eigenvalue weighted by molar-refractivity contribution is 7.95. The fourth-order valence-corrected chi connectivity index (χ4v) is 2.47. The standard InChI is InChI=1S/C9H12N2O3S2/c1-14-8-4-2-7(3-5-8)11-16(12,13)6-9(10)15/h2-5,11H,6H2,1H3,(H2,10,15). The Labute approximate surface area is 99.6 Å². The van der Waals surface area contributed by atoms with E-state index >= 15 is 0 Å². The van der Waals surface area contributed by atoms with Crippen molar-refractivity contribution in [3.63, 3.8) is 0 Å². The molecule has 0 spiro atoms. The van der Waals surface area contributed by atoms with Gasteiger partial charge in [-0.1, -0.05) is 12.2 Å². The molecule has 0 aliphatic carbocycles. The van der Waals surface area contributed by atoms with Crippen molar-refractivity contribution in [2.45, 2.75) is 0 Å². The van der Waals surface area contributed by atoms with Crippen LogP contribution in [-0.2, 0) is 10.0 Å². The number of rotatable bonds is 5. The molecule has 0 radical (unpaired) electrons. The summed E-state index contributed by atoms with van der Waals surface area (Å²) in [6.07, 6.45) is 0. The summed E-state index contributed by atoms with van der Waals surface area (Å²) in [5, 5.41) is 0. The smallest absolute Gasteiger partial charge is 0.239 e. The van der Waals surface area contributed by atoms with Gasteiger partial charge in [0, 0.05) is 5.69 Å². The highest BCUT2D eigenvalue weighted by atomic mass is 32.2. The van der Waals surface area contributed by atoms with Gasteiger partial charge in [0.05, 0.1) is 12.1 Å². The average Bonchev–Trinajstić information content (AvgIpc) is 2.16. The van der Waals surface area contributed by atoms with Gasteiger partial charge in [0.1, 0.15) is 11.5 Å². The lowest BCUT2D eigenvalue weighted by Crippen LogP contribution is -2.26. The molecule has 1 aromatic carbocycles. The zero-order valence-electron chi connectivity index (χ0n) is 8.64. The molecule has 0 atom stereocenters. The summed E-state index contributed by atoms with van der Waals surface area (Å²) in [7, 11) is -1.98. The van der Waals surface area contributed by atoms with Gasteiger partial charge in [-0.25, -0.2) is 8.42 Å². The van der Waals surface area contributed by atoms with Crippen molar-refractivity contribution in [1.82, 2.24) is 0 Å². The van der Waals surface area contributed by atoms with E-state index < -0.39 is 10.0 Å². The van der Waals surface area contributed by atoms with Gasteiger partial charge < -0.3 is 10.5 Å². The first-order chi connectivity index (χ1) is 7.43. The van der Waals surface area contributed by atoms with Gasteiger partial charge >= 0.3 is 0 Å². The van der Waals surface area contributed by atoms with Crippen LogP contribution in [0.4, 0.5) is 5.69 Å². The molecule has 0 saturated heterocycles. The van der Waals surface area contributed by atoms with Gasteiger partial charge in [0.2, 0.25) is 10.0 Å². The molecule has 1 aromatic rings. The maximum atomic E-state index is 11.5. The number of benzene rings is 1. The first-order valence-corrected chi connectivity index (χ1v) is 6.42. The van der Waals surface area contributed by atoms with Crippen molar-refractivity contribution in [1.29, 1.82) is 0 Å². The molecular formula is C9H12N2O3S2. The Hall–Kier alpha value is -1.34. The van der Waals surface area contributed by atoms with Crippen LogP contribution in [0.5, 0.6) is 5.75 Å². The van der Waals surface area contributed by atoms with E-state index in [0.29, 0.717) is 11.4 Å². The van der Waals surface area contributed by atoms with Crippen LogP contribution in [0, 0.1) is 0 Å². The third-order valence-electron chi connectivity index (χ3n) is 1.70. The number of ether oxygens (including phenoxy) is 1. The van der Waals surface area contributed by atoms with Gasteiger partial charge in [-0.05, 0) is 24.3 Å². The quantitative estimate of drug-likeness (QED) is 0.762. The predicted octanol–water partition coefficient (Wildman–Crippen LogP) is 0.723. The lowest BCUT2D eigenvalue weighted by Gasteiger charge is -2.07. The third kappa shape index (κ3) is 4.03. The summed E-state index contributed by atoms with van der Waals surface area (Å²) in [5.74, 6) is 0.284. The summed E-state index contributed by atoms with van der Waals surface area (Å²) in [6, 6.07) is 6.49. The van der Waals surface area contributed by atoms with Crippen LogP contribution in [0.15, 0.2) is 24.3 Å². The molecule has 16 heavy (non-hydrogen) atoms. The second kappa shape index (κ2) is 5.13. The van der Waals surface area contributed by atoms with Gasteiger partial charge in [0.25, 0.3) is 0 Å². The van der Waals surface area contributed by atoms with Crippen LogP contribution in [0.3, 0.4) is 0 Å². The van der Waals surface area contributed by atoms with E-state index in [4.69, 9.17) is 10.5 Å². The van der Waals surface area contributed by atoms with Gasteiger partial charge in [0.15, 0.2) is 0 Å². The fourth-order valence-electron chi connectivity index (χ4n) is 1.06. The maximum absolute atomic E-state index is 11.5. The minimum atomic E-state index is -3.51. The molecule has 0 aromatic heterocycles. The van der Waals surface area contributed by atoms with E-state index in [0.717, 1.165) is 0 Å². The lowest BCUT2D eigenvalue weighted by atomic mass is 10.3. The van der Waals surface area contributed by atoms with Gasteiger partial charge in [-0.3, -0.25) is 4.72 Å². The van der Waals surface area contributed by atoms with Crippen LogP contribution < -0.4 is 15.2 Å². The Morgan fingerprint density at radius 3 is 2.44 bits per heavy atom. The van der Waals surface area contributed by atoms with E-state index in [1.54, 1.807) is 24.3 Å². The highest BCUT2D eigenvalue weighted by Crippen LogP contribution is 2.16. The van der Waals surface area contributed by atoms with Crippen molar-refractivity contribution < 1.29 is 13.2 Å². The number of hydrogen-bond donors (Lipinski definition) is 2.